The maximum atomic E-state index is 11.0. The Morgan fingerprint density at radius 3 is 2.78 bits per heavy atom. The molecule has 0 spiro atoms. The average molecular weight is 122 g/mol. The van der Waals surface area contributed by atoms with Gasteiger partial charge in [-0.15, -0.1) is 0 Å². The van der Waals surface area contributed by atoms with Gasteiger partial charge in [-0.3, -0.25) is 4.79 Å². The molecule has 0 aromatic rings. The van der Waals surface area contributed by atoms with Crippen LogP contribution >= 0.6 is 0 Å². The first-order valence-electron chi connectivity index (χ1n) is 3.58. The second-order valence-corrected chi connectivity index (χ2v) is 2.98. The summed E-state index contributed by atoms with van der Waals surface area (Å²) in [5, 5.41) is 0. The highest BCUT2D eigenvalue weighted by atomic mass is 16.1. The van der Waals surface area contributed by atoms with Crippen LogP contribution in [0.3, 0.4) is 0 Å². The molecule has 0 radical (unpaired) electrons. The van der Waals surface area contributed by atoms with Crippen LogP contribution in [-0.4, -0.2) is 5.78 Å². The van der Waals surface area contributed by atoms with Gasteiger partial charge < -0.3 is 0 Å². The molecule has 2 unspecified atom stereocenters. The Hall–Kier alpha value is -0.590. The quantitative estimate of drug-likeness (QED) is 0.476. The molecule has 2 aliphatic rings. The van der Waals surface area contributed by atoms with Crippen LogP contribution in [-0.2, 0) is 4.79 Å². The molecule has 0 amide bonds. The van der Waals surface area contributed by atoms with Gasteiger partial charge in [0.05, 0.1) is 0 Å². The highest BCUT2D eigenvalue weighted by Gasteiger charge is 2.35. The van der Waals surface area contributed by atoms with Crippen molar-refractivity contribution < 1.29 is 4.79 Å². The zero-order valence-corrected chi connectivity index (χ0v) is 5.34. The summed E-state index contributed by atoms with van der Waals surface area (Å²) in [6.07, 6.45) is 7.34. The summed E-state index contributed by atoms with van der Waals surface area (Å²) >= 11 is 0. The highest BCUT2D eigenvalue weighted by molar-refractivity contribution is 5.93. The van der Waals surface area contributed by atoms with E-state index in [1.807, 2.05) is 6.08 Å². The molecule has 0 heterocycles. The predicted octanol–water partition coefficient (Wildman–Crippen LogP) is 1.54. The molecular formula is C8H10O. The molecule has 0 aromatic carbocycles. The average Bonchev–Trinajstić information content (AvgIpc) is 1.74. The van der Waals surface area contributed by atoms with Gasteiger partial charge in [0.2, 0.25) is 0 Å². The molecule has 48 valence electrons. The Labute approximate surface area is 54.8 Å². The fraction of sp³-hybridized carbons (Fsp3) is 0.625. The molecule has 0 bridgehead atoms. The zero-order valence-electron chi connectivity index (χ0n) is 5.34. The van der Waals surface area contributed by atoms with Gasteiger partial charge >= 0.3 is 0 Å². The van der Waals surface area contributed by atoms with Crippen LogP contribution in [0.25, 0.3) is 0 Å². The number of carbonyl (C=O) groups is 1. The molecule has 2 atom stereocenters. The van der Waals surface area contributed by atoms with Crippen LogP contribution in [0, 0.1) is 11.8 Å². The summed E-state index contributed by atoms with van der Waals surface area (Å²) in [4.78, 5) is 11.0. The smallest absolute Gasteiger partial charge is 0.158 e. The molecule has 1 nitrogen and oxygen atoms in total. The molecular weight excluding hydrogens is 112 g/mol. The minimum atomic E-state index is 0.373. The van der Waals surface area contributed by atoms with E-state index in [4.69, 9.17) is 0 Å². The minimum Gasteiger partial charge on any atom is -0.295 e. The lowest BCUT2D eigenvalue weighted by Gasteiger charge is -2.36. The molecule has 1 saturated carbocycles. The molecule has 1 fully saturated rings. The first-order chi connectivity index (χ1) is 4.38. The normalized spacial score (nSPS) is 39.8. The van der Waals surface area contributed by atoms with Crippen molar-refractivity contribution in [1.82, 2.24) is 0 Å². The summed E-state index contributed by atoms with van der Waals surface area (Å²) in [6.45, 7) is 0. The lowest BCUT2D eigenvalue weighted by Crippen LogP contribution is -2.33. The van der Waals surface area contributed by atoms with E-state index < -0.39 is 0 Å². The van der Waals surface area contributed by atoms with Crippen LogP contribution < -0.4 is 0 Å². The van der Waals surface area contributed by atoms with Gasteiger partial charge in [0.15, 0.2) is 5.78 Å². The Bertz CT molecular complexity index is 169. The standard InChI is InChI=1S/C8H10O/c9-8-3-1-2-6-4-5-7(6)8/h1,3,6-7H,2,4-5H2. The SMILES string of the molecule is O=C1C=CCC2CCC12. The molecule has 0 aliphatic heterocycles. The van der Waals surface area contributed by atoms with Gasteiger partial charge in [-0.25, -0.2) is 0 Å². The van der Waals surface area contributed by atoms with E-state index in [9.17, 15) is 4.79 Å². The summed E-state index contributed by atoms with van der Waals surface area (Å²) in [5.41, 5.74) is 0. The van der Waals surface area contributed by atoms with Crippen LogP contribution in [0.15, 0.2) is 12.2 Å². The van der Waals surface area contributed by atoms with Crippen molar-refractivity contribution in [3.63, 3.8) is 0 Å². The third-order valence-electron chi connectivity index (χ3n) is 2.50. The largest absolute Gasteiger partial charge is 0.295 e. The van der Waals surface area contributed by atoms with Gasteiger partial charge in [0, 0.05) is 5.92 Å². The Kier molecular flexibility index (Phi) is 0.981. The number of carbonyl (C=O) groups excluding carboxylic acids is 1. The van der Waals surface area contributed by atoms with Crippen molar-refractivity contribution >= 4 is 5.78 Å². The molecule has 0 N–H and O–H groups in total. The van der Waals surface area contributed by atoms with Crippen molar-refractivity contribution in [2.24, 2.45) is 11.8 Å². The van der Waals surface area contributed by atoms with Crippen molar-refractivity contribution in [3.05, 3.63) is 12.2 Å². The van der Waals surface area contributed by atoms with Gasteiger partial charge in [-0.05, 0) is 31.3 Å². The van der Waals surface area contributed by atoms with E-state index in [2.05, 4.69) is 0 Å². The third kappa shape index (κ3) is 0.640. The second-order valence-electron chi connectivity index (χ2n) is 2.98. The lowest BCUT2D eigenvalue weighted by molar-refractivity contribution is -0.123. The van der Waals surface area contributed by atoms with Crippen LogP contribution in [0.2, 0.25) is 0 Å². The number of allylic oxidation sites excluding steroid dienone is 2. The molecule has 0 saturated heterocycles. The summed E-state index contributed by atoms with van der Waals surface area (Å²) < 4.78 is 0. The monoisotopic (exact) mass is 122 g/mol. The molecule has 9 heavy (non-hydrogen) atoms. The zero-order chi connectivity index (χ0) is 6.27. The summed E-state index contributed by atoms with van der Waals surface area (Å²) in [5.74, 6) is 1.52. The molecule has 2 aliphatic carbocycles. The summed E-state index contributed by atoms with van der Waals surface area (Å²) in [7, 11) is 0. The van der Waals surface area contributed by atoms with Gasteiger partial charge in [0.1, 0.15) is 0 Å². The van der Waals surface area contributed by atoms with E-state index in [0.29, 0.717) is 11.7 Å². The van der Waals surface area contributed by atoms with E-state index in [-0.39, 0.29) is 0 Å². The first-order valence-corrected chi connectivity index (χ1v) is 3.58. The van der Waals surface area contributed by atoms with E-state index in [0.717, 1.165) is 18.8 Å². The maximum Gasteiger partial charge on any atom is 0.158 e. The van der Waals surface area contributed by atoms with E-state index in [1.165, 1.54) is 6.42 Å². The first kappa shape index (κ1) is 5.21. The Morgan fingerprint density at radius 2 is 2.33 bits per heavy atom. The minimum absolute atomic E-state index is 0.373. The highest BCUT2D eigenvalue weighted by Crippen LogP contribution is 2.40. The van der Waals surface area contributed by atoms with Gasteiger partial charge in [-0.2, -0.15) is 0 Å². The second kappa shape index (κ2) is 1.69. The summed E-state index contributed by atoms with van der Waals surface area (Å²) in [6, 6.07) is 0. The fourth-order valence-corrected chi connectivity index (χ4v) is 1.71. The molecule has 1 heteroatoms. The molecule has 2 rings (SSSR count). The number of hydrogen-bond donors (Lipinski definition) is 0. The van der Waals surface area contributed by atoms with Crippen molar-refractivity contribution in [1.29, 1.82) is 0 Å². The molecule has 0 aromatic heterocycles. The third-order valence-corrected chi connectivity index (χ3v) is 2.50. The van der Waals surface area contributed by atoms with Crippen molar-refractivity contribution in [2.45, 2.75) is 19.3 Å². The Balaban J connectivity index is 2.19. The predicted molar refractivity (Wildman–Crippen MR) is 35.0 cm³/mol. The number of hydrogen-bond acceptors (Lipinski definition) is 1. The van der Waals surface area contributed by atoms with Crippen LogP contribution in [0.1, 0.15) is 19.3 Å². The van der Waals surface area contributed by atoms with Gasteiger partial charge in [0.25, 0.3) is 0 Å². The number of fused-ring (bicyclic) bond motifs is 1. The Morgan fingerprint density at radius 1 is 1.44 bits per heavy atom. The number of rotatable bonds is 0. The van der Waals surface area contributed by atoms with Crippen LogP contribution in [0.4, 0.5) is 0 Å². The van der Waals surface area contributed by atoms with Gasteiger partial charge in [-0.1, -0.05) is 6.08 Å². The van der Waals surface area contributed by atoms with E-state index in [1.54, 1.807) is 6.08 Å². The topological polar surface area (TPSA) is 17.1 Å². The van der Waals surface area contributed by atoms with Crippen molar-refractivity contribution in [3.8, 4) is 0 Å². The lowest BCUT2D eigenvalue weighted by atomic mass is 9.67. The number of ketones is 1. The van der Waals surface area contributed by atoms with Crippen LogP contribution in [0.5, 0.6) is 0 Å². The maximum absolute atomic E-state index is 11.0. The van der Waals surface area contributed by atoms with Crippen molar-refractivity contribution in [2.75, 3.05) is 0 Å². The van der Waals surface area contributed by atoms with E-state index >= 15 is 0 Å². The fourth-order valence-electron chi connectivity index (χ4n) is 1.71.